The standard InChI is InChI=1S/C31H35F3N4O5/c1-2-38(31(42)43-23-7-5-22(32)6-8-23)27-18-37(17-24(27)20-3-9-25(33)26(34)15-20)29(40)19-11-13-36(14-12-19)30(41)21-4-10-28(39)35-16-21/h3,5-9,15,19,21,24,27H,2,4,10-14,16-18H2,1H3,(H,35,39)/t21-,24-,27?/m0/s1. The van der Waals surface area contributed by atoms with Crippen LogP contribution < -0.4 is 10.1 Å². The molecule has 3 aliphatic heterocycles. The van der Waals surface area contributed by atoms with Crippen molar-refractivity contribution < 1.29 is 37.1 Å². The number of likely N-dealkylation sites (tertiary alicyclic amines) is 2. The van der Waals surface area contributed by atoms with Gasteiger partial charge in [-0.25, -0.2) is 18.0 Å². The van der Waals surface area contributed by atoms with Crippen LogP contribution in [0.3, 0.4) is 0 Å². The van der Waals surface area contributed by atoms with Crippen LogP contribution in [0.15, 0.2) is 42.5 Å². The Morgan fingerprint density at radius 3 is 2.23 bits per heavy atom. The van der Waals surface area contributed by atoms with Crippen LogP contribution in [0.2, 0.25) is 0 Å². The Bertz CT molecular complexity index is 1360. The fourth-order valence-corrected chi connectivity index (χ4v) is 6.32. The van der Waals surface area contributed by atoms with Crippen molar-refractivity contribution in [2.45, 2.75) is 44.6 Å². The van der Waals surface area contributed by atoms with Gasteiger partial charge in [-0.15, -0.1) is 0 Å². The first-order valence-corrected chi connectivity index (χ1v) is 14.7. The summed E-state index contributed by atoms with van der Waals surface area (Å²) in [6.45, 7) is 3.50. The lowest BCUT2D eigenvalue weighted by atomic mass is 9.92. The number of carbonyl (C=O) groups is 4. The summed E-state index contributed by atoms with van der Waals surface area (Å²) in [6.07, 6.45) is 1.09. The van der Waals surface area contributed by atoms with Gasteiger partial charge in [0.15, 0.2) is 11.6 Å². The monoisotopic (exact) mass is 600 g/mol. The number of nitrogens with one attached hydrogen (secondary N) is 1. The zero-order valence-corrected chi connectivity index (χ0v) is 23.9. The van der Waals surface area contributed by atoms with E-state index >= 15 is 0 Å². The number of piperidine rings is 2. The van der Waals surface area contributed by atoms with Crippen molar-refractivity contribution in [3.8, 4) is 5.75 Å². The summed E-state index contributed by atoms with van der Waals surface area (Å²) in [5.74, 6) is -3.62. The van der Waals surface area contributed by atoms with Gasteiger partial charge in [0.25, 0.3) is 0 Å². The van der Waals surface area contributed by atoms with Crippen LogP contribution in [-0.2, 0) is 14.4 Å². The summed E-state index contributed by atoms with van der Waals surface area (Å²) in [5, 5.41) is 2.74. The third-order valence-electron chi connectivity index (χ3n) is 8.74. The van der Waals surface area contributed by atoms with Gasteiger partial charge in [0.1, 0.15) is 11.6 Å². The van der Waals surface area contributed by atoms with E-state index in [0.717, 1.165) is 12.1 Å². The highest BCUT2D eigenvalue weighted by Crippen LogP contribution is 2.35. The molecule has 0 radical (unpaired) electrons. The van der Waals surface area contributed by atoms with Crippen molar-refractivity contribution in [3.05, 3.63) is 65.5 Å². The van der Waals surface area contributed by atoms with Crippen molar-refractivity contribution in [2.75, 3.05) is 39.3 Å². The quantitative estimate of drug-likeness (QED) is 0.546. The highest BCUT2D eigenvalue weighted by molar-refractivity contribution is 5.84. The van der Waals surface area contributed by atoms with Crippen LogP contribution >= 0.6 is 0 Å². The second-order valence-corrected chi connectivity index (χ2v) is 11.3. The number of amides is 4. The van der Waals surface area contributed by atoms with E-state index in [1.54, 1.807) is 16.7 Å². The first-order chi connectivity index (χ1) is 20.6. The molecule has 3 aliphatic rings. The SMILES string of the molecule is CCN(C(=O)Oc1ccc(F)cc1)C1CN(C(=O)C2CCN(C(=O)[C@H]3CCC(=O)NC3)CC2)C[C@H]1c1ccc(F)c(F)c1. The third kappa shape index (κ3) is 6.78. The molecule has 2 aromatic carbocycles. The van der Waals surface area contributed by atoms with Crippen LogP contribution in [0.25, 0.3) is 0 Å². The summed E-state index contributed by atoms with van der Waals surface area (Å²) >= 11 is 0. The maximum atomic E-state index is 14.3. The molecule has 3 saturated heterocycles. The Morgan fingerprint density at radius 1 is 0.907 bits per heavy atom. The second-order valence-electron chi connectivity index (χ2n) is 11.3. The smallest absolute Gasteiger partial charge is 0.410 e. The normalized spacial score (nSPS) is 22.7. The molecule has 4 amide bonds. The first-order valence-electron chi connectivity index (χ1n) is 14.7. The number of rotatable bonds is 6. The molecule has 3 atom stereocenters. The van der Waals surface area contributed by atoms with Gasteiger partial charge in [0, 0.05) is 57.5 Å². The average Bonchev–Trinajstić information content (AvgIpc) is 3.45. The minimum Gasteiger partial charge on any atom is -0.410 e. The van der Waals surface area contributed by atoms with Crippen LogP contribution in [-0.4, -0.2) is 83.8 Å². The molecule has 9 nitrogen and oxygen atoms in total. The average molecular weight is 601 g/mol. The van der Waals surface area contributed by atoms with Gasteiger partial charge in [0.05, 0.1) is 12.0 Å². The van der Waals surface area contributed by atoms with Crippen molar-refractivity contribution in [2.24, 2.45) is 11.8 Å². The Hall–Kier alpha value is -4.09. The van der Waals surface area contributed by atoms with Gasteiger partial charge in [-0.1, -0.05) is 6.07 Å². The molecule has 0 saturated carbocycles. The highest BCUT2D eigenvalue weighted by atomic mass is 19.2. The van der Waals surface area contributed by atoms with Gasteiger partial charge < -0.3 is 24.8 Å². The molecule has 0 bridgehead atoms. The van der Waals surface area contributed by atoms with Crippen LogP contribution in [0.4, 0.5) is 18.0 Å². The summed E-state index contributed by atoms with van der Waals surface area (Å²) in [7, 11) is 0. The molecule has 3 fully saturated rings. The summed E-state index contributed by atoms with van der Waals surface area (Å²) in [6, 6.07) is 8.01. The van der Waals surface area contributed by atoms with Gasteiger partial charge >= 0.3 is 6.09 Å². The number of hydrogen-bond donors (Lipinski definition) is 1. The van der Waals surface area contributed by atoms with Crippen molar-refractivity contribution in [3.63, 3.8) is 0 Å². The summed E-state index contributed by atoms with van der Waals surface area (Å²) in [4.78, 5) is 56.3. The van der Waals surface area contributed by atoms with E-state index in [1.165, 1.54) is 35.2 Å². The van der Waals surface area contributed by atoms with E-state index < -0.39 is 35.5 Å². The van der Waals surface area contributed by atoms with Crippen LogP contribution in [0, 0.1) is 29.3 Å². The zero-order valence-electron chi connectivity index (χ0n) is 23.9. The Labute approximate surface area is 247 Å². The van der Waals surface area contributed by atoms with E-state index in [9.17, 15) is 32.3 Å². The fraction of sp³-hybridized carbons (Fsp3) is 0.484. The fourth-order valence-electron chi connectivity index (χ4n) is 6.32. The number of benzene rings is 2. The summed E-state index contributed by atoms with van der Waals surface area (Å²) < 4.78 is 46.9. The topological polar surface area (TPSA) is 99.3 Å². The molecule has 43 heavy (non-hydrogen) atoms. The lowest BCUT2D eigenvalue weighted by Crippen LogP contribution is -2.49. The highest BCUT2D eigenvalue weighted by Gasteiger charge is 2.44. The molecule has 0 aromatic heterocycles. The Kier molecular flexibility index (Phi) is 9.22. The van der Waals surface area contributed by atoms with Gasteiger partial charge in [0.2, 0.25) is 17.7 Å². The maximum Gasteiger partial charge on any atom is 0.415 e. The minimum atomic E-state index is -1.02. The number of carbonyl (C=O) groups excluding carboxylic acids is 4. The molecule has 3 heterocycles. The van der Waals surface area contributed by atoms with Crippen molar-refractivity contribution >= 4 is 23.8 Å². The van der Waals surface area contributed by atoms with Gasteiger partial charge in [-0.2, -0.15) is 0 Å². The van der Waals surface area contributed by atoms with Crippen LogP contribution in [0.1, 0.15) is 44.1 Å². The second kappa shape index (κ2) is 13.0. The molecule has 12 heteroatoms. The number of halogens is 3. The molecular weight excluding hydrogens is 565 g/mol. The van der Waals surface area contributed by atoms with Gasteiger partial charge in [-0.3, -0.25) is 14.4 Å². The molecule has 230 valence electrons. The zero-order chi connectivity index (χ0) is 30.7. The van der Waals surface area contributed by atoms with Crippen LogP contribution in [0.5, 0.6) is 5.75 Å². The Morgan fingerprint density at radius 2 is 1.60 bits per heavy atom. The van der Waals surface area contributed by atoms with Gasteiger partial charge in [-0.05, 0) is 68.1 Å². The predicted molar refractivity (Wildman–Crippen MR) is 149 cm³/mol. The molecule has 1 unspecified atom stereocenters. The minimum absolute atomic E-state index is 0.0104. The number of ether oxygens (including phenoxy) is 1. The van der Waals surface area contributed by atoms with E-state index in [0.29, 0.717) is 50.9 Å². The largest absolute Gasteiger partial charge is 0.415 e. The van der Waals surface area contributed by atoms with E-state index in [-0.39, 0.29) is 54.9 Å². The third-order valence-corrected chi connectivity index (χ3v) is 8.74. The molecule has 2 aromatic rings. The van der Waals surface area contributed by atoms with Crippen molar-refractivity contribution in [1.29, 1.82) is 0 Å². The summed E-state index contributed by atoms with van der Waals surface area (Å²) in [5.41, 5.74) is 0.451. The molecule has 5 rings (SSSR count). The Balaban J connectivity index is 1.28. The van der Waals surface area contributed by atoms with Crippen molar-refractivity contribution in [1.82, 2.24) is 20.0 Å². The lowest BCUT2D eigenvalue weighted by Gasteiger charge is -2.36. The number of nitrogens with zero attached hydrogens (tertiary/aromatic N) is 3. The molecule has 1 N–H and O–H groups in total. The van der Waals surface area contributed by atoms with E-state index in [4.69, 9.17) is 4.74 Å². The van der Waals surface area contributed by atoms with E-state index in [2.05, 4.69) is 5.32 Å². The molecule has 0 aliphatic carbocycles. The predicted octanol–water partition coefficient (Wildman–Crippen LogP) is 3.68. The lowest BCUT2D eigenvalue weighted by molar-refractivity contribution is -0.143. The molecular formula is C31H35F3N4O5. The molecule has 0 spiro atoms. The number of likely N-dealkylation sites (N-methyl/N-ethyl adjacent to an activating group) is 1. The maximum absolute atomic E-state index is 14.3. The number of hydrogen-bond acceptors (Lipinski definition) is 5. The first kappa shape index (κ1) is 30.4. The van der Waals surface area contributed by atoms with E-state index in [1.807, 2.05) is 0 Å².